The number of hydrogen-bond donors (Lipinski definition) is 0. The second-order valence-electron chi connectivity index (χ2n) is 7.84. The van der Waals surface area contributed by atoms with E-state index in [4.69, 9.17) is 4.74 Å². The third kappa shape index (κ3) is 3.99. The minimum Gasteiger partial charge on any atom is -0.444 e. The molecule has 24 heavy (non-hydrogen) atoms. The molecule has 0 saturated carbocycles. The molecule has 6 nitrogen and oxygen atoms in total. The summed E-state index contributed by atoms with van der Waals surface area (Å²) in [4.78, 5) is 25.1. The van der Waals surface area contributed by atoms with Gasteiger partial charge in [0.1, 0.15) is 16.0 Å². The molecule has 2 aliphatic heterocycles. The number of carbonyl (C=O) groups is 1. The topological polar surface area (TPSA) is 58.6 Å². The first-order valence-electron chi connectivity index (χ1n) is 8.47. The van der Waals surface area contributed by atoms with Gasteiger partial charge in [-0.25, -0.2) is 14.8 Å². The average Bonchev–Trinajstić information content (AvgIpc) is 2.92. The van der Waals surface area contributed by atoms with Gasteiger partial charge in [-0.1, -0.05) is 0 Å². The van der Waals surface area contributed by atoms with E-state index in [1.807, 2.05) is 31.9 Å². The summed E-state index contributed by atoms with van der Waals surface area (Å²) in [6, 6.07) is 0. The van der Waals surface area contributed by atoms with Gasteiger partial charge < -0.3 is 14.5 Å². The first-order valence-corrected chi connectivity index (χ1v) is 9.26. The molecule has 3 heterocycles. The van der Waals surface area contributed by atoms with E-state index in [1.165, 1.54) is 0 Å². The zero-order valence-corrected chi connectivity index (χ0v) is 16.2. The Labute approximate surface area is 151 Å². The normalized spacial score (nSPS) is 20.5. The fourth-order valence-electron chi connectivity index (χ4n) is 3.50. The van der Waals surface area contributed by atoms with Crippen LogP contribution in [0.25, 0.3) is 0 Å². The van der Waals surface area contributed by atoms with Crippen molar-refractivity contribution in [1.29, 1.82) is 0 Å². The van der Waals surface area contributed by atoms with Crippen molar-refractivity contribution in [3.8, 4) is 0 Å². The number of amides is 1. The largest absolute Gasteiger partial charge is 0.444 e. The van der Waals surface area contributed by atoms with Gasteiger partial charge in [-0.3, -0.25) is 0 Å². The van der Waals surface area contributed by atoms with Gasteiger partial charge in [-0.05, 0) is 61.4 Å². The van der Waals surface area contributed by atoms with Crippen LogP contribution in [0, 0.1) is 5.41 Å². The standard InChI is InChI=1S/C17H25BrN4O2/c1-16(2,3)24-15(23)22-9-6-17(12-22)4-7-21(8-5-17)14-11-19-13(18)10-20-14/h10-11H,4-9,12H2,1-3H3. The SMILES string of the molecule is CC(C)(C)OC(=O)N1CCC2(CCN(c3cnc(Br)cn3)CC2)C1. The fraction of sp³-hybridized carbons (Fsp3) is 0.706. The van der Waals surface area contributed by atoms with Crippen LogP contribution < -0.4 is 4.90 Å². The molecule has 0 unspecified atom stereocenters. The fourth-order valence-corrected chi connectivity index (χ4v) is 3.71. The van der Waals surface area contributed by atoms with E-state index in [2.05, 4.69) is 30.8 Å². The molecule has 0 radical (unpaired) electrons. The molecule has 0 bridgehead atoms. The van der Waals surface area contributed by atoms with E-state index in [9.17, 15) is 4.79 Å². The lowest BCUT2D eigenvalue weighted by molar-refractivity contribution is 0.0266. The summed E-state index contributed by atoms with van der Waals surface area (Å²) >= 11 is 3.32. The summed E-state index contributed by atoms with van der Waals surface area (Å²) in [5.74, 6) is 0.926. The van der Waals surface area contributed by atoms with E-state index in [1.54, 1.807) is 6.20 Å². The number of carbonyl (C=O) groups excluding carboxylic acids is 1. The van der Waals surface area contributed by atoms with Crippen molar-refractivity contribution >= 4 is 27.8 Å². The van der Waals surface area contributed by atoms with Crippen LogP contribution in [-0.4, -0.2) is 52.7 Å². The second kappa shape index (κ2) is 6.50. The van der Waals surface area contributed by atoms with Gasteiger partial charge in [0.2, 0.25) is 0 Å². The van der Waals surface area contributed by atoms with Crippen molar-refractivity contribution in [1.82, 2.24) is 14.9 Å². The lowest BCUT2D eigenvalue weighted by Gasteiger charge is -2.39. The number of nitrogens with zero attached hydrogens (tertiary/aromatic N) is 4. The molecular weight excluding hydrogens is 372 g/mol. The van der Waals surface area contributed by atoms with Gasteiger partial charge in [0, 0.05) is 26.2 Å². The van der Waals surface area contributed by atoms with E-state index < -0.39 is 5.60 Å². The molecule has 2 saturated heterocycles. The van der Waals surface area contributed by atoms with Gasteiger partial charge >= 0.3 is 6.09 Å². The maximum absolute atomic E-state index is 12.3. The van der Waals surface area contributed by atoms with Crippen molar-refractivity contribution in [2.24, 2.45) is 5.41 Å². The number of piperidine rings is 1. The summed E-state index contributed by atoms with van der Waals surface area (Å²) < 4.78 is 6.26. The highest BCUT2D eigenvalue weighted by Crippen LogP contribution is 2.41. The van der Waals surface area contributed by atoms with E-state index in [0.29, 0.717) is 0 Å². The summed E-state index contributed by atoms with van der Waals surface area (Å²) in [7, 11) is 0. The lowest BCUT2D eigenvalue weighted by Crippen LogP contribution is -2.43. The van der Waals surface area contributed by atoms with E-state index in [-0.39, 0.29) is 11.5 Å². The molecular formula is C17H25BrN4O2. The Hall–Kier alpha value is -1.37. The molecule has 1 spiro atoms. The van der Waals surface area contributed by atoms with Gasteiger partial charge in [0.05, 0.1) is 12.4 Å². The molecule has 2 aliphatic rings. The predicted molar refractivity (Wildman–Crippen MR) is 96.0 cm³/mol. The average molecular weight is 397 g/mol. The minimum absolute atomic E-state index is 0.180. The van der Waals surface area contributed by atoms with Gasteiger partial charge in [-0.2, -0.15) is 0 Å². The molecule has 0 aliphatic carbocycles. The van der Waals surface area contributed by atoms with Crippen molar-refractivity contribution < 1.29 is 9.53 Å². The van der Waals surface area contributed by atoms with Crippen LogP contribution in [0.15, 0.2) is 17.0 Å². The van der Waals surface area contributed by atoms with Crippen LogP contribution >= 0.6 is 15.9 Å². The van der Waals surface area contributed by atoms with Crippen molar-refractivity contribution in [2.75, 3.05) is 31.1 Å². The highest BCUT2D eigenvalue weighted by Gasteiger charge is 2.43. The van der Waals surface area contributed by atoms with E-state index in [0.717, 1.165) is 55.9 Å². The maximum atomic E-state index is 12.3. The van der Waals surface area contributed by atoms with Crippen molar-refractivity contribution in [3.63, 3.8) is 0 Å². The summed E-state index contributed by atoms with van der Waals surface area (Å²) in [6.45, 7) is 9.25. The Bertz CT molecular complexity index is 592. The molecule has 3 rings (SSSR count). The van der Waals surface area contributed by atoms with Gasteiger partial charge in [0.25, 0.3) is 0 Å². The van der Waals surface area contributed by atoms with Gasteiger partial charge in [0.15, 0.2) is 0 Å². The Kier molecular flexibility index (Phi) is 4.73. The van der Waals surface area contributed by atoms with Crippen LogP contribution in [0.4, 0.5) is 10.6 Å². The minimum atomic E-state index is -0.434. The molecule has 0 aromatic carbocycles. The van der Waals surface area contributed by atoms with Crippen LogP contribution in [0.5, 0.6) is 0 Å². The smallest absolute Gasteiger partial charge is 0.410 e. The number of rotatable bonds is 1. The third-order valence-corrected chi connectivity index (χ3v) is 5.25. The molecule has 1 amide bonds. The Morgan fingerprint density at radius 1 is 1.17 bits per heavy atom. The summed E-state index contributed by atoms with van der Waals surface area (Å²) in [5, 5.41) is 0. The lowest BCUT2D eigenvalue weighted by atomic mass is 9.78. The zero-order chi connectivity index (χ0) is 17.4. The molecule has 2 fully saturated rings. The number of hydrogen-bond acceptors (Lipinski definition) is 5. The molecule has 0 atom stereocenters. The Morgan fingerprint density at radius 2 is 1.83 bits per heavy atom. The molecule has 1 aromatic heterocycles. The van der Waals surface area contributed by atoms with Crippen molar-refractivity contribution in [3.05, 3.63) is 17.0 Å². The van der Waals surface area contributed by atoms with Crippen LogP contribution in [-0.2, 0) is 4.74 Å². The monoisotopic (exact) mass is 396 g/mol. The highest BCUT2D eigenvalue weighted by atomic mass is 79.9. The maximum Gasteiger partial charge on any atom is 0.410 e. The number of anilines is 1. The van der Waals surface area contributed by atoms with Crippen LogP contribution in [0.3, 0.4) is 0 Å². The number of likely N-dealkylation sites (tertiary alicyclic amines) is 1. The third-order valence-electron chi connectivity index (χ3n) is 4.84. The Balaban J connectivity index is 1.56. The zero-order valence-electron chi connectivity index (χ0n) is 14.6. The van der Waals surface area contributed by atoms with Crippen molar-refractivity contribution in [2.45, 2.75) is 45.6 Å². The second-order valence-corrected chi connectivity index (χ2v) is 8.65. The first-order chi connectivity index (χ1) is 11.3. The van der Waals surface area contributed by atoms with Crippen LogP contribution in [0.1, 0.15) is 40.0 Å². The quantitative estimate of drug-likeness (QED) is 0.727. The molecule has 7 heteroatoms. The molecule has 0 N–H and O–H groups in total. The van der Waals surface area contributed by atoms with E-state index >= 15 is 0 Å². The number of aromatic nitrogens is 2. The summed E-state index contributed by atoms with van der Waals surface area (Å²) in [5.41, 5.74) is -0.202. The summed E-state index contributed by atoms with van der Waals surface area (Å²) in [6.07, 6.45) is 6.57. The Morgan fingerprint density at radius 3 is 2.42 bits per heavy atom. The van der Waals surface area contributed by atoms with Crippen LogP contribution in [0.2, 0.25) is 0 Å². The number of ether oxygens (including phenoxy) is 1. The predicted octanol–water partition coefficient (Wildman–Crippen LogP) is 3.47. The van der Waals surface area contributed by atoms with Gasteiger partial charge in [-0.15, -0.1) is 0 Å². The first kappa shape index (κ1) is 17.5. The molecule has 132 valence electrons. The molecule has 1 aromatic rings. The highest BCUT2D eigenvalue weighted by molar-refractivity contribution is 9.10. The number of halogens is 1.